The Morgan fingerprint density at radius 3 is 2.67 bits per heavy atom. The molecule has 1 heterocycles. The normalized spacial score (nSPS) is 12.9. The van der Waals surface area contributed by atoms with Gasteiger partial charge in [-0.25, -0.2) is 0 Å². The van der Waals surface area contributed by atoms with Crippen molar-refractivity contribution in [2.45, 2.75) is 26.3 Å². The van der Waals surface area contributed by atoms with Crippen LogP contribution in [-0.2, 0) is 11.2 Å². The van der Waals surface area contributed by atoms with Gasteiger partial charge in [-0.15, -0.1) is 0 Å². The Morgan fingerprint density at radius 2 is 2.20 bits per heavy atom. The lowest BCUT2D eigenvalue weighted by Gasteiger charge is -2.13. The highest BCUT2D eigenvalue weighted by Crippen LogP contribution is 2.09. The fourth-order valence-electron chi connectivity index (χ4n) is 1.18. The molecule has 1 atom stereocenters. The second-order valence-corrected chi connectivity index (χ2v) is 4.80. The Bertz CT molecular complexity index is 335. The molecule has 0 aliphatic heterocycles. The van der Waals surface area contributed by atoms with Gasteiger partial charge in [-0.05, 0) is 34.0 Å². The lowest BCUT2D eigenvalue weighted by Crippen LogP contribution is -2.36. The van der Waals surface area contributed by atoms with Crippen LogP contribution in [0.5, 0.6) is 0 Å². The summed E-state index contributed by atoms with van der Waals surface area (Å²) in [5.74, 6) is 0.216. The number of rotatable bonds is 4. The molecule has 1 aromatic rings. The monoisotopic (exact) mass is 270 g/mol. The van der Waals surface area contributed by atoms with Gasteiger partial charge in [0.1, 0.15) is 0 Å². The van der Waals surface area contributed by atoms with E-state index in [0.717, 1.165) is 10.2 Å². The van der Waals surface area contributed by atoms with Crippen molar-refractivity contribution in [3.8, 4) is 0 Å². The molecule has 0 spiro atoms. The smallest absolute Gasteiger partial charge is 0.155 e. The first-order valence-corrected chi connectivity index (χ1v) is 5.68. The number of carbonyl (C=O) groups is 1. The average Bonchev–Trinajstić information content (AvgIpc) is 2.20. The van der Waals surface area contributed by atoms with Crippen LogP contribution in [-0.4, -0.2) is 16.8 Å². The number of pyridine rings is 1. The number of carbonyl (C=O) groups excluding carboxylic acids is 1. The van der Waals surface area contributed by atoms with E-state index in [1.54, 1.807) is 6.20 Å². The van der Waals surface area contributed by atoms with Crippen LogP contribution in [0.3, 0.4) is 0 Å². The molecule has 1 aromatic heterocycles. The van der Waals surface area contributed by atoms with E-state index in [1.807, 2.05) is 26.0 Å². The van der Waals surface area contributed by atoms with Crippen LogP contribution in [0.4, 0.5) is 0 Å². The number of halogens is 1. The molecule has 82 valence electrons. The van der Waals surface area contributed by atoms with Crippen molar-refractivity contribution >= 4 is 21.7 Å². The maximum Gasteiger partial charge on any atom is 0.155 e. The van der Waals surface area contributed by atoms with Crippen molar-refractivity contribution in [1.82, 2.24) is 4.98 Å². The highest BCUT2D eigenvalue weighted by molar-refractivity contribution is 9.10. The Balaban J connectivity index is 2.62. The third-order valence-corrected chi connectivity index (χ3v) is 2.70. The lowest BCUT2D eigenvalue weighted by molar-refractivity contribution is -0.120. The maximum absolute atomic E-state index is 11.7. The number of Topliss-reactive ketones (excluding diaryl/α,β-unsaturated/α-hetero) is 1. The minimum atomic E-state index is -0.393. The van der Waals surface area contributed by atoms with Crippen LogP contribution in [0.25, 0.3) is 0 Å². The zero-order valence-corrected chi connectivity index (χ0v) is 10.5. The Morgan fingerprint density at radius 1 is 1.53 bits per heavy atom. The Kier molecular flexibility index (Phi) is 4.42. The third-order valence-electron chi connectivity index (χ3n) is 2.23. The summed E-state index contributed by atoms with van der Waals surface area (Å²) in [6.07, 6.45) is 2.00. The number of nitrogens with zero attached hydrogens (tertiary/aromatic N) is 1. The Hall–Kier alpha value is -0.740. The molecular weight excluding hydrogens is 256 g/mol. The summed E-state index contributed by atoms with van der Waals surface area (Å²) in [5.41, 5.74) is 6.51. The van der Waals surface area contributed by atoms with Gasteiger partial charge in [0, 0.05) is 16.4 Å². The average molecular weight is 271 g/mol. The van der Waals surface area contributed by atoms with Crippen molar-refractivity contribution < 1.29 is 4.79 Å². The molecule has 0 aliphatic rings. The van der Waals surface area contributed by atoms with E-state index < -0.39 is 6.04 Å². The number of aromatic nitrogens is 1. The van der Waals surface area contributed by atoms with Gasteiger partial charge in [-0.1, -0.05) is 13.8 Å². The Labute approximate surface area is 98.2 Å². The molecule has 0 bridgehead atoms. The second kappa shape index (κ2) is 5.37. The van der Waals surface area contributed by atoms with Crippen LogP contribution < -0.4 is 5.73 Å². The zero-order valence-electron chi connectivity index (χ0n) is 8.90. The highest BCUT2D eigenvalue weighted by atomic mass is 79.9. The van der Waals surface area contributed by atoms with Crippen molar-refractivity contribution in [2.75, 3.05) is 0 Å². The van der Waals surface area contributed by atoms with Gasteiger partial charge in [-0.2, -0.15) is 0 Å². The van der Waals surface area contributed by atoms with E-state index in [1.165, 1.54) is 0 Å². The first-order valence-electron chi connectivity index (χ1n) is 4.89. The van der Waals surface area contributed by atoms with Gasteiger partial charge < -0.3 is 5.73 Å². The highest BCUT2D eigenvalue weighted by Gasteiger charge is 2.17. The van der Waals surface area contributed by atoms with Gasteiger partial charge in [0.2, 0.25) is 0 Å². The lowest BCUT2D eigenvalue weighted by atomic mass is 9.98. The first-order chi connectivity index (χ1) is 7.00. The minimum absolute atomic E-state index is 0.0415. The first kappa shape index (κ1) is 12.3. The van der Waals surface area contributed by atoms with Gasteiger partial charge in [-0.3, -0.25) is 9.78 Å². The molecule has 0 fully saturated rings. The van der Waals surface area contributed by atoms with Crippen molar-refractivity contribution in [3.05, 3.63) is 28.5 Å². The number of nitrogens with two attached hydrogens (primary N) is 1. The van der Waals surface area contributed by atoms with Gasteiger partial charge in [0.15, 0.2) is 5.78 Å². The molecule has 0 saturated carbocycles. The summed E-state index contributed by atoms with van der Waals surface area (Å²) < 4.78 is 0.909. The van der Waals surface area contributed by atoms with Gasteiger partial charge >= 0.3 is 0 Å². The predicted octanol–water partition coefficient (Wildman–Crippen LogP) is 1.94. The van der Waals surface area contributed by atoms with Gasteiger partial charge in [0.25, 0.3) is 0 Å². The zero-order chi connectivity index (χ0) is 11.4. The van der Waals surface area contributed by atoms with Crippen LogP contribution in [0.2, 0.25) is 0 Å². The molecule has 0 radical (unpaired) electrons. The molecular formula is C11H15BrN2O. The summed E-state index contributed by atoms with van der Waals surface area (Å²) in [5, 5.41) is 0. The summed E-state index contributed by atoms with van der Waals surface area (Å²) in [6.45, 7) is 3.88. The quantitative estimate of drug-likeness (QED) is 0.910. The summed E-state index contributed by atoms with van der Waals surface area (Å²) in [4.78, 5) is 15.8. The number of ketones is 1. The van der Waals surface area contributed by atoms with Crippen molar-refractivity contribution in [3.63, 3.8) is 0 Å². The van der Waals surface area contributed by atoms with Crippen LogP contribution >= 0.6 is 15.9 Å². The van der Waals surface area contributed by atoms with Gasteiger partial charge in [0.05, 0.1) is 12.5 Å². The number of hydrogen-bond acceptors (Lipinski definition) is 3. The molecule has 3 nitrogen and oxygen atoms in total. The van der Waals surface area contributed by atoms with E-state index >= 15 is 0 Å². The summed E-state index contributed by atoms with van der Waals surface area (Å²) in [6, 6.07) is 3.31. The van der Waals surface area contributed by atoms with Crippen LogP contribution in [0.1, 0.15) is 19.5 Å². The fourth-order valence-corrected chi connectivity index (χ4v) is 1.41. The molecule has 0 aromatic carbocycles. The summed E-state index contributed by atoms with van der Waals surface area (Å²) >= 11 is 3.29. The minimum Gasteiger partial charge on any atom is -0.321 e. The largest absolute Gasteiger partial charge is 0.321 e. The summed E-state index contributed by atoms with van der Waals surface area (Å²) in [7, 11) is 0. The van der Waals surface area contributed by atoms with E-state index in [0.29, 0.717) is 6.42 Å². The molecule has 1 unspecified atom stereocenters. The predicted molar refractivity (Wildman–Crippen MR) is 63.5 cm³/mol. The molecule has 0 amide bonds. The molecule has 4 heteroatoms. The van der Waals surface area contributed by atoms with Crippen LogP contribution in [0.15, 0.2) is 22.8 Å². The maximum atomic E-state index is 11.7. The second-order valence-electron chi connectivity index (χ2n) is 3.88. The SMILES string of the molecule is CC(C)C(N)C(=O)Cc1ccc(Br)cn1. The molecule has 0 saturated heterocycles. The topological polar surface area (TPSA) is 56.0 Å². The van der Waals surface area contributed by atoms with Crippen LogP contribution in [0, 0.1) is 5.92 Å². The standard InChI is InChI=1S/C11H15BrN2O/c1-7(2)11(13)10(15)5-9-4-3-8(12)6-14-9/h3-4,6-7,11H,5,13H2,1-2H3. The fraction of sp³-hybridized carbons (Fsp3) is 0.455. The van der Waals surface area contributed by atoms with E-state index in [-0.39, 0.29) is 11.7 Å². The number of hydrogen-bond donors (Lipinski definition) is 1. The third kappa shape index (κ3) is 3.72. The molecule has 15 heavy (non-hydrogen) atoms. The molecule has 2 N–H and O–H groups in total. The van der Waals surface area contributed by atoms with Crippen molar-refractivity contribution in [2.24, 2.45) is 11.7 Å². The molecule has 1 rings (SSSR count). The van der Waals surface area contributed by atoms with E-state index in [4.69, 9.17) is 5.73 Å². The van der Waals surface area contributed by atoms with Crippen molar-refractivity contribution in [1.29, 1.82) is 0 Å². The van der Waals surface area contributed by atoms with E-state index in [9.17, 15) is 4.79 Å². The molecule has 0 aliphatic carbocycles. The van der Waals surface area contributed by atoms with E-state index in [2.05, 4.69) is 20.9 Å².